The van der Waals surface area contributed by atoms with E-state index in [1.54, 1.807) is 45.9 Å². The van der Waals surface area contributed by atoms with Gasteiger partial charge in [0.2, 0.25) is 11.8 Å². The lowest BCUT2D eigenvalue weighted by Gasteiger charge is -2.34. The number of rotatable bonds is 4. The summed E-state index contributed by atoms with van der Waals surface area (Å²) in [5.41, 5.74) is 0.477. The standard InChI is InChI=1S/C23H32N4O5/c1-5-32-22(31)26-12-10-25(11-13-26)21(30)17-8-6-7-9-18(17)24-20(29)16-14-19(28)27(15-16)23(2,3)4/h6-9,16H,5,10-15H2,1-4H3,(H,24,29). The molecular formula is C23H32N4O5. The number of ether oxygens (including phenoxy) is 1. The van der Waals surface area contributed by atoms with Crippen LogP contribution in [0.5, 0.6) is 0 Å². The Bertz CT molecular complexity index is 887. The van der Waals surface area contributed by atoms with Gasteiger partial charge in [-0.25, -0.2) is 4.79 Å². The molecule has 2 aliphatic heterocycles. The second-order valence-corrected chi connectivity index (χ2v) is 9.09. The SMILES string of the molecule is CCOC(=O)N1CCN(C(=O)c2ccccc2NC(=O)C2CC(=O)N(C(C)(C)C)C2)CC1. The Balaban J connectivity index is 1.65. The van der Waals surface area contributed by atoms with E-state index in [-0.39, 0.29) is 35.8 Å². The highest BCUT2D eigenvalue weighted by Gasteiger charge is 2.39. The Hall–Kier alpha value is -3.10. The van der Waals surface area contributed by atoms with Crippen LogP contribution in [0.25, 0.3) is 0 Å². The summed E-state index contributed by atoms with van der Waals surface area (Å²) in [5, 5.41) is 2.86. The molecule has 0 aromatic heterocycles. The smallest absolute Gasteiger partial charge is 0.409 e. The second kappa shape index (κ2) is 9.58. The minimum absolute atomic E-state index is 0.0403. The number of nitrogens with one attached hydrogen (secondary N) is 1. The zero-order valence-electron chi connectivity index (χ0n) is 19.2. The lowest BCUT2D eigenvalue weighted by Crippen LogP contribution is -2.50. The van der Waals surface area contributed by atoms with Gasteiger partial charge in [0.25, 0.3) is 5.91 Å². The van der Waals surface area contributed by atoms with E-state index in [1.807, 2.05) is 20.8 Å². The van der Waals surface area contributed by atoms with Gasteiger partial charge in [-0.2, -0.15) is 0 Å². The molecule has 3 rings (SSSR count). The van der Waals surface area contributed by atoms with Crippen molar-refractivity contribution in [3.8, 4) is 0 Å². The van der Waals surface area contributed by atoms with E-state index in [0.29, 0.717) is 50.6 Å². The largest absolute Gasteiger partial charge is 0.450 e. The number of anilines is 1. The molecule has 1 aromatic carbocycles. The third-order valence-electron chi connectivity index (χ3n) is 5.81. The molecule has 0 bridgehead atoms. The van der Waals surface area contributed by atoms with Gasteiger partial charge in [-0.05, 0) is 39.8 Å². The number of hydrogen-bond donors (Lipinski definition) is 1. The topological polar surface area (TPSA) is 99.3 Å². The average molecular weight is 445 g/mol. The van der Waals surface area contributed by atoms with Crippen LogP contribution in [0.4, 0.5) is 10.5 Å². The molecule has 2 fully saturated rings. The van der Waals surface area contributed by atoms with Crippen LogP contribution in [0.15, 0.2) is 24.3 Å². The Morgan fingerprint density at radius 1 is 1.06 bits per heavy atom. The van der Waals surface area contributed by atoms with Crippen molar-refractivity contribution in [1.82, 2.24) is 14.7 Å². The molecule has 2 aliphatic rings. The van der Waals surface area contributed by atoms with E-state index >= 15 is 0 Å². The third-order valence-corrected chi connectivity index (χ3v) is 5.81. The summed E-state index contributed by atoms with van der Waals surface area (Å²) in [5.74, 6) is -0.972. The fraction of sp³-hybridized carbons (Fsp3) is 0.565. The van der Waals surface area contributed by atoms with Gasteiger partial charge in [0, 0.05) is 44.7 Å². The van der Waals surface area contributed by atoms with Gasteiger partial charge in [-0.3, -0.25) is 14.4 Å². The van der Waals surface area contributed by atoms with Crippen molar-refractivity contribution >= 4 is 29.5 Å². The van der Waals surface area contributed by atoms with E-state index in [1.165, 1.54) is 0 Å². The van der Waals surface area contributed by atoms with Crippen LogP contribution >= 0.6 is 0 Å². The molecule has 0 radical (unpaired) electrons. The van der Waals surface area contributed by atoms with Crippen molar-refractivity contribution < 1.29 is 23.9 Å². The van der Waals surface area contributed by atoms with Gasteiger partial charge in [0.15, 0.2) is 0 Å². The highest BCUT2D eigenvalue weighted by molar-refractivity contribution is 6.05. The molecule has 1 atom stereocenters. The van der Waals surface area contributed by atoms with Crippen molar-refractivity contribution in [3.63, 3.8) is 0 Å². The zero-order chi connectivity index (χ0) is 23.5. The maximum atomic E-state index is 13.1. The zero-order valence-corrected chi connectivity index (χ0v) is 19.2. The predicted molar refractivity (Wildman–Crippen MR) is 119 cm³/mol. The van der Waals surface area contributed by atoms with Crippen molar-refractivity contribution in [3.05, 3.63) is 29.8 Å². The Morgan fingerprint density at radius 3 is 2.28 bits per heavy atom. The number of likely N-dealkylation sites (tertiary alicyclic amines) is 1. The van der Waals surface area contributed by atoms with Gasteiger partial charge in [-0.15, -0.1) is 0 Å². The Kier molecular flexibility index (Phi) is 7.06. The van der Waals surface area contributed by atoms with E-state index in [9.17, 15) is 19.2 Å². The van der Waals surface area contributed by atoms with Crippen molar-refractivity contribution in [2.45, 2.75) is 39.7 Å². The Labute approximate surface area is 188 Å². The molecule has 174 valence electrons. The third kappa shape index (κ3) is 5.20. The van der Waals surface area contributed by atoms with Gasteiger partial charge in [0.05, 0.1) is 23.8 Å². The number of carbonyl (C=O) groups excluding carboxylic acids is 4. The molecule has 0 aliphatic carbocycles. The predicted octanol–water partition coefficient (Wildman–Crippen LogP) is 2.19. The molecule has 9 nitrogen and oxygen atoms in total. The lowest BCUT2D eigenvalue weighted by molar-refractivity contribution is -0.131. The first-order valence-corrected chi connectivity index (χ1v) is 11.0. The highest BCUT2D eigenvalue weighted by Crippen LogP contribution is 2.27. The number of nitrogens with zero attached hydrogens (tertiary/aromatic N) is 3. The van der Waals surface area contributed by atoms with Crippen LogP contribution in [0.3, 0.4) is 0 Å². The van der Waals surface area contributed by atoms with Crippen molar-refractivity contribution in [2.24, 2.45) is 5.92 Å². The number of hydrogen-bond acceptors (Lipinski definition) is 5. The Morgan fingerprint density at radius 2 is 1.69 bits per heavy atom. The lowest BCUT2D eigenvalue weighted by atomic mass is 10.1. The molecule has 2 saturated heterocycles. The quantitative estimate of drug-likeness (QED) is 0.768. The highest BCUT2D eigenvalue weighted by atomic mass is 16.6. The molecule has 1 N–H and O–H groups in total. The molecular weight excluding hydrogens is 412 g/mol. The van der Waals surface area contributed by atoms with Crippen LogP contribution in [-0.4, -0.2) is 83.4 Å². The fourth-order valence-corrected chi connectivity index (χ4v) is 4.02. The maximum absolute atomic E-state index is 13.1. The number of benzene rings is 1. The second-order valence-electron chi connectivity index (χ2n) is 9.09. The molecule has 9 heteroatoms. The van der Waals surface area contributed by atoms with Crippen LogP contribution in [0.2, 0.25) is 0 Å². The molecule has 4 amide bonds. The van der Waals surface area contributed by atoms with Crippen molar-refractivity contribution in [1.29, 1.82) is 0 Å². The van der Waals surface area contributed by atoms with Crippen LogP contribution in [0.1, 0.15) is 44.5 Å². The molecule has 1 unspecified atom stereocenters. The van der Waals surface area contributed by atoms with E-state index < -0.39 is 5.92 Å². The maximum Gasteiger partial charge on any atom is 0.409 e. The first kappa shape index (κ1) is 23.6. The summed E-state index contributed by atoms with van der Waals surface area (Å²) in [6.45, 7) is 9.83. The summed E-state index contributed by atoms with van der Waals surface area (Å²) in [4.78, 5) is 55.2. The van der Waals surface area contributed by atoms with Crippen LogP contribution in [0, 0.1) is 5.92 Å². The number of piperazine rings is 1. The number of para-hydroxylation sites is 1. The normalized spacial score (nSPS) is 19.2. The molecule has 0 saturated carbocycles. The van der Waals surface area contributed by atoms with Gasteiger partial charge >= 0.3 is 6.09 Å². The summed E-state index contributed by atoms with van der Waals surface area (Å²) >= 11 is 0. The fourth-order valence-electron chi connectivity index (χ4n) is 4.02. The van der Waals surface area contributed by atoms with E-state index in [4.69, 9.17) is 4.74 Å². The summed E-state index contributed by atoms with van der Waals surface area (Å²) in [6, 6.07) is 6.87. The summed E-state index contributed by atoms with van der Waals surface area (Å²) in [7, 11) is 0. The van der Waals surface area contributed by atoms with Gasteiger partial charge in [0.1, 0.15) is 0 Å². The minimum atomic E-state index is -0.460. The number of amides is 4. The first-order valence-electron chi connectivity index (χ1n) is 11.0. The summed E-state index contributed by atoms with van der Waals surface area (Å²) < 4.78 is 5.02. The molecule has 2 heterocycles. The van der Waals surface area contributed by atoms with Crippen LogP contribution in [-0.2, 0) is 14.3 Å². The molecule has 32 heavy (non-hydrogen) atoms. The average Bonchev–Trinajstić information content (AvgIpc) is 3.16. The van der Waals surface area contributed by atoms with E-state index in [0.717, 1.165) is 0 Å². The van der Waals surface area contributed by atoms with Crippen LogP contribution < -0.4 is 5.32 Å². The molecule has 1 aromatic rings. The first-order chi connectivity index (χ1) is 15.1. The van der Waals surface area contributed by atoms with Crippen molar-refractivity contribution in [2.75, 3.05) is 44.6 Å². The van der Waals surface area contributed by atoms with Gasteiger partial charge in [-0.1, -0.05) is 12.1 Å². The monoisotopic (exact) mass is 444 g/mol. The summed E-state index contributed by atoms with van der Waals surface area (Å²) in [6.07, 6.45) is -0.211. The van der Waals surface area contributed by atoms with Gasteiger partial charge < -0.3 is 24.8 Å². The minimum Gasteiger partial charge on any atom is -0.450 e. The molecule has 0 spiro atoms. The number of carbonyl (C=O) groups is 4. The van der Waals surface area contributed by atoms with E-state index in [2.05, 4.69) is 5.32 Å².